The van der Waals surface area contributed by atoms with E-state index in [4.69, 9.17) is 4.74 Å². The highest BCUT2D eigenvalue weighted by Crippen LogP contribution is 2.26. The van der Waals surface area contributed by atoms with Gasteiger partial charge in [-0.25, -0.2) is 14.0 Å². The minimum atomic E-state index is -0.533. The Hall–Kier alpha value is -3.20. The molecule has 1 aliphatic rings. The lowest BCUT2D eigenvalue weighted by molar-refractivity contribution is 0.0110. The second kappa shape index (κ2) is 10.2. The van der Waals surface area contributed by atoms with Crippen molar-refractivity contribution in [3.8, 4) is 0 Å². The summed E-state index contributed by atoms with van der Waals surface area (Å²) in [5.74, 6) is -0.431. The molecule has 0 bridgehead atoms. The van der Waals surface area contributed by atoms with Gasteiger partial charge in [0, 0.05) is 43.6 Å². The maximum Gasteiger partial charge on any atom is 0.410 e. The second-order valence-electron chi connectivity index (χ2n) is 9.22. The van der Waals surface area contributed by atoms with Crippen LogP contribution in [0, 0.1) is 12.7 Å². The molecule has 1 saturated heterocycles. The molecule has 1 fully saturated rings. The number of carbonyl (C=O) groups is 2. The molecule has 2 aromatic rings. The number of anilines is 2. The Morgan fingerprint density at radius 3 is 2.33 bits per heavy atom. The number of urea groups is 1. The summed E-state index contributed by atoms with van der Waals surface area (Å²) in [5.41, 5.74) is 1.96. The number of hydrogen-bond donors (Lipinski definition) is 2. The Morgan fingerprint density at radius 2 is 1.73 bits per heavy atom. The molecule has 3 amide bonds. The summed E-state index contributed by atoms with van der Waals surface area (Å²) >= 11 is 0. The molecule has 0 spiro atoms. The quantitative estimate of drug-likeness (QED) is 0.690. The van der Waals surface area contributed by atoms with Gasteiger partial charge in [-0.3, -0.25) is 9.88 Å². The van der Waals surface area contributed by atoms with Crippen molar-refractivity contribution in [3.63, 3.8) is 0 Å². The lowest BCUT2D eigenvalue weighted by atomic mass is 10.0. The molecule has 1 aromatic carbocycles. The fourth-order valence-electron chi connectivity index (χ4n) is 3.59. The molecule has 9 heteroatoms. The number of nitrogens with zero attached hydrogens (tertiary/aromatic N) is 3. The van der Waals surface area contributed by atoms with E-state index in [0.29, 0.717) is 37.6 Å². The van der Waals surface area contributed by atoms with Gasteiger partial charge in [0.05, 0.1) is 11.9 Å². The zero-order valence-electron chi connectivity index (χ0n) is 19.8. The van der Waals surface area contributed by atoms with E-state index >= 15 is 0 Å². The highest BCUT2D eigenvalue weighted by molar-refractivity contribution is 5.99. The first kappa shape index (κ1) is 24.4. The minimum Gasteiger partial charge on any atom is -0.444 e. The summed E-state index contributed by atoms with van der Waals surface area (Å²) in [6.07, 6.45) is 1.24. The maximum atomic E-state index is 14.3. The van der Waals surface area contributed by atoms with Gasteiger partial charge in [0.1, 0.15) is 11.4 Å². The van der Waals surface area contributed by atoms with Gasteiger partial charge in [-0.15, -0.1) is 0 Å². The Balaban J connectivity index is 1.60. The fourth-order valence-corrected chi connectivity index (χ4v) is 3.59. The number of benzene rings is 1. The van der Waals surface area contributed by atoms with Crippen LogP contribution in [0.25, 0.3) is 0 Å². The summed E-state index contributed by atoms with van der Waals surface area (Å²) < 4.78 is 19.8. The monoisotopic (exact) mass is 457 g/mol. The number of pyridine rings is 1. The summed E-state index contributed by atoms with van der Waals surface area (Å²) in [6, 6.07) is 7.49. The van der Waals surface area contributed by atoms with Gasteiger partial charge in [-0.2, -0.15) is 0 Å². The van der Waals surface area contributed by atoms with Crippen LogP contribution in [0.1, 0.15) is 45.0 Å². The minimum absolute atomic E-state index is 0.0913. The first-order valence-corrected chi connectivity index (χ1v) is 11.0. The molecule has 0 saturated carbocycles. The van der Waals surface area contributed by atoms with Crippen molar-refractivity contribution in [1.29, 1.82) is 0 Å². The average Bonchev–Trinajstić information content (AvgIpc) is 2.73. The van der Waals surface area contributed by atoms with Crippen LogP contribution in [-0.4, -0.2) is 58.7 Å². The molecule has 3 rings (SSSR count). The van der Waals surface area contributed by atoms with E-state index in [9.17, 15) is 14.0 Å². The lowest BCUT2D eigenvalue weighted by Crippen LogP contribution is -2.50. The van der Waals surface area contributed by atoms with Crippen LogP contribution < -0.4 is 10.6 Å². The molecule has 0 unspecified atom stereocenters. The number of nitrogens with one attached hydrogen (secondary N) is 2. The summed E-state index contributed by atoms with van der Waals surface area (Å²) in [4.78, 5) is 32.6. The third kappa shape index (κ3) is 7.15. The number of piperazine rings is 1. The fraction of sp³-hybridized carbons (Fsp3) is 0.458. The zero-order chi connectivity index (χ0) is 24.2. The molecule has 1 aliphatic heterocycles. The SMILES string of the molecule is Cc1ccc(NC(=O)Nc2cc(F)cc([C@H](C)N3CCN(C(=O)OC(C)(C)C)CC3)c2)cn1. The van der Waals surface area contributed by atoms with Crippen molar-refractivity contribution in [2.75, 3.05) is 36.8 Å². The first-order valence-electron chi connectivity index (χ1n) is 11.0. The predicted molar refractivity (Wildman–Crippen MR) is 126 cm³/mol. The molecular formula is C24H32FN5O3. The number of amides is 3. The number of ether oxygens (including phenoxy) is 1. The number of rotatable bonds is 4. The summed E-state index contributed by atoms with van der Waals surface area (Å²) in [5, 5.41) is 5.37. The van der Waals surface area contributed by atoms with Crippen LogP contribution >= 0.6 is 0 Å². The van der Waals surface area contributed by atoms with E-state index in [1.54, 1.807) is 29.3 Å². The average molecular weight is 458 g/mol. The van der Waals surface area contributed by atoms with Crippen molar-refractivity contribution >= 4 is 23.5 Å². The molecule has 1 aromatic heterocycles. The normalized spacial score (nSPS) is 15.6. The van der Waals surface area contributed by atoms with Gasteiger partial charge in [0.25, 0.3) is 0 Å². The van der Waals surface area contributed by atoms with E-state index in [2.05, 4.69) is 20.5 Å². The predicted octanol–water partition coefficient (Wildman–Crippen LogP) is 4.79. The highest BCUT2D eigenvalue weighted by Gasteiger charge is 2.28. The number of halogens is 1. The highest BCUT2D eigenvalue weighted by atomic mass is 19.1. The van der Waals surface area contributed by atoms with Crippen molar-refractivity contribution in [2.45, 2.75) is 46.3 Å². The van der Waals surface area contributed by atoms with Crippen molar-refractivity contribution < 1.29 is 18.7 Å². The number of aromatic nitrogens is 1. The van der Waals surface area contributed by atoms with Gasteiger partial charge >= 0.3 is 12.1 Å². The van der Waals surface area contributed by atoms with Crippen LogP contribution in [0.2, 0.25) is 0 Å². The molecule has 8 nitrogen and oxygen atoms in total. The lowest BCUT2D eigenvalue weighted by Gasteiger charge is -2.38. The standard InChI is InChI=1S/C24H32FN5O3/c1-16-6-7-20(15-26-16)27-22(31)28-21-13-18(12-19(25)14-21)17(2)29-8-10-30(11-9-29)23(32)33-24(3,4)5/h6-7,12-15,17H,8-11H2,1-5H3,(H2,27,28,31)/t17-/m0/s1. The smallest absolute Gasteiger partial charge is 0.410 e. The number of carbonyl (C=O) groups excluding carboxylic acids is 2. The van der Waals surface area contributed by atoms with Gasteiger partial charge < -0.3 is 20.3 Å². The van der Waals surface area contributed by atoms with Gasteiger partial charge in [-0.1, -0.05) is 0 Å². The molecule has 1 atom stereocenters. The van der Waals surface area contributed by atoms with Crippen LogP contribution in [0.5, 0.6) is 0 Å². The van der Waals surface area contributed by atoms with Crippen molar-refractivity contribution in [1.82, 2.24) is 14.8 Å². The summed E-state index contributed by atoms with van der Waals surface area (Å²) in [7, 11) is 0. The third-order valence-electron chi connectivity index (χ3n) is 5.34. The van der Waals surface area contributed by atoms with Gasteiger partial charge in [0.15, 0.2) is 0 Å². The van der Waals surface area contributed by atoms with Crippen LogP contribution in [0.15, 0.2) is 36.5 Å². The third-order valence-corrected chi connectivity index (χ3v) is 5.34. The summed E-state index contributed by atoms with van der Waals surface area (Å²) in [6.45, 7) is 11.7. The molecule has 2 N–H and O–H groups in total. The van der Waals surface area contributed by atoms with E-state index in [1.807, 2.05) is 34.6 Å². The number of hydrogen-bond acceptors (Lipinski definition) is 5. The molecule has 2 heterocycles. The zero-order valence-corrected chi connectivity index (χ0v) is 19.8. The maximum absolute atomic E-state index is 14.3. The van der Waals surface area contributed by atoms with Crippen LogP contribution in [0.4, 0.5) is 25.4 Å². The number of aryl methyl sites for hydroxylation is 1. The Labute approximate surface area is 194 Å². The topological polar surface area (TPSA) is 86.8 Å². The largest absolute Gasteiger partial charge is 0.444 e. The van der Waals surface area contributed by atoms with E-state index in [1.165, 1.54) is 12.1 Å². The Morgan fingerprint density at radius 1 is 1.06 bits per heavy atom. The molecule has 0 radical (unpaired) electrons. The Bertz CT molecular complexity index is 983. The van der Waals surface area contributed by atoms with E-state index < -0.39 is 17.4 Å². The van der Waals surface area contributed by atoms with E-state index in [0.717, 1.165) is 11.3 Å². The van der Waals surface area contributed by atoms with Gasteiger partial charge in [0.2, 0.25) is 0 Å². The van der Waals surface area contributed by atoms with Crippen LogP contribution in [0.3, 0.4) is 0 Å². The Kier molecular flexibility index (Phi) is 7.53. The van der Waals surface area contributed by atoms with Crippen molar-refractivity contribution in [3.05, 3.63) is 53.6 Å². The van der Waals surface area contributed by atoms with Gasteiger partial charge in [-0.05, 0) is 70.5 Å². The molecule has 178 valence electrons. The molecule has 33 heavy (non-hydrogen) atoms. The van der Waals surface area contributed by atoms with Crippen molar-refractivity contribution in [2.24, 2.45) is 0 Å². The molecule has 0 aliphatic carbocycles. The van der Waals surface area contributed by atoms with Crippen LogP contribution in [-0.2, 0) is 4.74 Å². The molecular weight excluding hydrogens is 425 g/mol. The van der Waals surface area contributed by atoms with E-state index in [-0.39, 0.29) is 12.1 Å². The second-order valence-corrected chi connectivity index (χ2v) is 9.22. The first-order chi connectivity index (χ1) is 15.5.